The molecule has 2 saturated heterocycles. The number of carbonyl (C=O) groups excluding carboxylic acids is 2. The van der Waals surface area contributed by atoms with Crippen LogP contribution in [0.25, 0.3) is 0 Å². The molecule has 2 amide bonds. The molecule has 2 heterocycles. The van der Waals surface area contributed by atoms with Gasteiger partial charge in [-0.25, -0.2) is 0 Å². The quantitative estimate of drug-likeness (QED) is 0.894. The van der Waals surface area contributed by atoms with Crippen molar-refractivity contribution in [2.24, 2.45) is 5.41 Å². The number of piperidine rings is 2. The van der Waals surface area contributed by atoms with E-state index in [9.17, 15) is 14.7 Å². The lowest BCUT2D eigenvalue weighted by atomic mass is 9.71. The highest BCUT2D eigenvalue weighted by Crippen LogP contribution is 2.40. The molecular weight excluding hydrogens is 332 g/mol. The van der Waals surface area contributed by atoms with Crippen LogP contribution >= 0.6 is 0 Å². The highest BCUT2D eigenvalue weighted by Gasteiger charge is 2.43. The Morgan fingerprint density at radius 1 is 1.27 bits per heavy atom. The van der Waals surface area contributed by atoms with Crippen molar-refractivity contribution in [1.29, 1.82) is 0 Å². The van der Waals surface area contributed by atoms with E-state index in [0.29, 0.717) is 50.5 Å². The number of carbonyl (C=O) groups is 2. The molecule has 26 heavy (non-hydrogen) atoms. The number of nitrogens with zero attached hydrogens (tertiary/aromatic N) is 2. The van der Waals surface area contributed by atoms with E-state index in [2.05, 4.69) is 0 Å². The fourth-order valence-corrected chi connectivity index (χ4v) is 4.21. The van der Waals surface area contributed by atoms with E-state index in [1.165, 1.54) is 0 Å². The molecule has 6 nitrogen and oxygen atoms in total. The lowest BCUT2D eigenvalue weighted by Crippen LogP contribution is -2.55. The van der Waals surface area contributed by atoms with E-state index in [4.69, 9.17) is 4.74 Å². The molecule has 2 fully saturated rings. The van der Waals surface area contributed by atoms with Crippen LogP contribution in [0.5, 0.6) is 5.75 Å². The minimum absolute atomic E-state index is 0.00868. The van der Waals surface area contributed by atoms with Crippen molar-refractivity contribution in [2.45, 2.75) is 39.2 Å². The largest absolute Gasteiger partial charge is 0.494 e. The monoisotopic (exact) mass is 360 g/mol. The Morgan fingerprint density at radius 3 is 2.65 bits per heavy atom. The Kier molecular flexibility index (Phi) is 5.51. The minimum atomic E-state index is -0.474. The first kappa shape index (κ1) is 18.7. The molecular formula is C20H28N2O4. The lowest BCUT2D eigenvalue weighted by Gasteiger charge is -2.49. The summed E-state index contributed by atoms with van der Waals surface area (Å²) >= 11 is 0. The predicted octanol–water partition coefficient (Wildman–Crippen LogP) is 1.92. The summed E-state index contributed by atoms with van der Waals surface area (Å²) in [5.41, 5.74) is 0.564. The third kappa shape index (κ3) is 4.01. The summed E-state index contributed by atoms with van der Waals surface area (Å²) in [7, 11) is 0. The zero-order chi connectivity index (χ0) is 18.7. The number of aliphatic hydroxyl groups excluding tert-OH is 1. The molecule has 2 aliphatic rings. The van der Waals surface area contributed by atoms with Crippen molar-refractivity contribution in [3.63, 3.8) is 0 Å². The lowest BCUT2D eigenvalue weighted by molar-refractivity contribution is -0.137. The molecule has 0 radical (unpaired) electrons. The minimum Gasteiger partial charge on any atom is -0.494 e. The Balaban J connectivity index is 1.65. The SMILES string of the molecule is CCOc1cccc(C(=O)N2CCC3(CC2)CC(O)CN(C(C)=O)C3)c1. The predicted molar refractivity (Wildman–Crippen MR) is 98.1 cm³/mol. The van der Waals surface area contributed by atoms with Gasteiger partial charge in [-0.3, -0.25) is 9.59 Å². The van der Waals surface area contributed by atoms with Gasteiger partial charge in [-0.15, -0.1) is 0 Å². The van der Waals surface area contributed by atoms with Gasteiger partial charge in [0.1, 0.15) is 5.75 Å². The van der Waals surface area contributed by atoms with Gasteiger partial charge in [-0.1, -0.05) is 6.07 Å². The van der Waals surface area contributed by atoms with Crippen LogP contribution in [0.15, 0.2) is 24.3 Å². The highest BCUT2D eigenvalue weighted by molar-refractivity contribution is 5.94. The number of aliphatic hydroxyl groups is 1. The summed E-state index contributed by atoms with van der Waals surface area (Å²) in [5.74, 6) is 0.731. The number of β-amino-alcohol motifs (C(OH)–C–C–N with tert-alkyl or cyclic N) is 1. The number of amides is 2. The van der Waals surface area contributed by atoms with Crippen molar-refractivity contribution >= 4 is 11.8 Å². The van der Waals surface area contributed by atoms with Crippen LogP contribution in [0.1, 0.15) is 43.5 Å². The molecule has 0 aromatic heterocycles. The summed E-state index contributed by atoms with van der Waals surface area (Å²) in [6, 6.07) is 7.30. The Bertz CT molecular complexity index is 668. The van der Waals surface area contributed by atoms with Crippen molar-refractivity contribution in [3.8, 4) is 5.75 Å². The van der Waals surface area contributed by atoms with Crippen molar-refractivity contribution in [3.05, 3.63) is 29.8 Å². The highest BCUT2D eigenvalue weighted by atomic mass is 16.5. The Hall–Kier alpha value is -2.08. The van der Waals surface area contributed by atoms with E-state index < -0.39 is 6.10 Å². The number of hydrogen-bond acceptors (Lipinski definition) is 4. The second-order valence-electron chi connectivity index (χ2n) is 7.51. The van der Waals surface area contributed by atoms with Gasteiger partial charge in [0.2, 0.25) is 5.91 Å². The maximum absolute atomic E-state index is 12.8. The zero-order valence-electron chi connectivity index (χ0n) is 15.6. The fourth-order valence-electron chi connectivity index (χ4n) is 4.21. The summed E-state index contributed by atoms with van der Waals surface area (Å²) < 4.78 is 5.48. The third-order valence-electron chi connectivity index (χ3n) is 5.57. The second-order valence-corrected chi connectivity index (χ2v) is 7.51. The zero-order valence-corrected chi connectivity index (χ0v) is 15.6. The van der Waals surface area contributed by atoms with E-state index >= 15 is 0 Å². The molecule has 1 spiro atoms. The van der Waals surface area contributed by atoms with Crippen LogP contribution in [-0.4, -0.2) is 65.6 Å². The first-order chi connectivity index (χ1) is 12.4. The van der Waals surface area contributed by atoms with E-state index in [1.54, 1.807) is 17.9 Å². The average Bonchev–Trinajstić information content (AvgIpc) is 2.62. The molecule has 142 valence electrons. The van der Waals surface area contributed by atoms with Crippen molar-refractivity contribution in [1.82, 2.24) is 9.80 Å². The number of hydrogen-bond donors (Lipinski definition) is 1. The fraction of sp³-hybridized carbons (Fsp3) is 0.600. The second kappa shape index (κ2) is 7.66. The molecule has 0 bridgehead atoms. The van der Waals surface area contributed by atoms with Gasteiger partial charge in [-0.05, 0) is 49.8 Å². The molecule has 0 aliphatic carbocycles. The third-order valence-corrected chi connectivity index (χ3v) is 5.57. The van der Waals surface area contributed by atoms with E-state index in [1.807, 2.05) is 30.0 Å². The van der Waals surface area contributed by atoms with Crippen LogP contribution < -0.4 is 4.74 Å². The standard InChI is InChI=1S/C20H28N2O4/c1-3-26-18-6-4-5-16(11-18)19(25)21-9-7-20(8-10-21)12-17(24)13-22(14-20)15(2)23/h4-6,11,17,24H,3,7-10,12-14H2,1-2H3. The van der Waals surface area contributed by atoms with Crippen LogP contribution in [-0.2, 0) is 4.79 Å². The van der Waals surface area contributed by atoms with E-state index in [0.717, 1.165) is 12.8 Å². The Morgan fingerprint density at radius 2 is 2.00 bits per heavy atom. The molecule has 1 aromatic carbocycles. The number of benzene rings is 1. The summed E-state index contributed by atoms with van der Waals surface area (Å²) in [4.78, 5) is 28.2. The van der Waals surface area contributed by atoms with Crippen molar-refractivity contribution in [2.75, 3.05) is 32.8 Å². The topological polar surface area (TPSA) is 70.1 Å². The van der Waals surface area contributed by atoms with Gasteiger partial charge < -0.3 is 19.6 Å². The van der Waals surface area contributed by atoms with Crippen LogP contribution in [0.3, 0.4) is 0 Å². The van der Waals surface area contributed by atoms with Gasteiger partial charge in [0.15, 0.2) is 0 Å². The maximum Gasteiger partial charge on any atom is 0.253 e. The maximum atomic E-state index is 12.8. The molecule has 3 rings (SSSR count). The van der Waals surface area contributed by atoms with Gasteiger partial charge in [0.05, 0.1) is 12.7 Å². The smallest absolute Gasteiger partial charge is 0.253 e. The number of likely N-dealkylation sites (tertiary alicyclic amines) is 2. The molecule has 1 unspecified atom stereocenters. The number of rotatable bonds is 3. The molecule has 1 atom stereocenters. The summed E-state index contributed by atoms with van der Waals surface area (Å²) in [6.45, 7) is 6.44. The molecule has 6 heteroatoms. The Labute approximate surface area is 154 Å². The molecule has 2 aliphatic heterocycles. The number of ether oxygens (including phenoxy) is 1. The normalized spacial score (nSPS) is 22.3. The van der Waals surface area contributed by atoms with Gasteiger partial charge >= 0.3 is 0 Å². The molecule has 0 saturated carbocycles. The van der Waals surface area contributed by atoms with Gasteiger partial charge in [0, 0.05) is 38.7 Å². The summed E-state index contributed by atoms with van der Waals surface area (Å²) in [6.07, 6.45) is 1.85. The van der Waals surface area contributed by atoms with Gasteiger partial charge in [0.25, 0.3) is 5.91 Å². The first-order valence-electron chi connectivity index (χ1n) is 9.38. The molecule has 1 N–H and O–H groups in total. The van der Waals surface area contributed by atoms with Crippen LogP contribution in [0.4, 0.5) is 0 Å². The van der Waals surface area contributed by atoms with Crippen molar-refractivity contribution < 1.29 is 19.4 Å². The van der Waals surface area contributed by atoms with Crippen LogP contribution in [0.2, 0.25) is 0 Å². The molecule has 1 aromatic rings. The average molecular weight is 360 g/mol. The van der Waals surface area contributed by atoms with E-state index in [-0.39, 0.29) is 17.2 Å². The van der Waals surface area contributed by atoms with Gasteiger partial charge in [-0.2, -0.15) is 0 Å². The van der Waals surface area contributed by atoms with Crippen LogP contribution in [0, 0.1) is 5.41 Å². The first-order valence-corrected chi connectivity index (χ1v) is 9.38. The summed E-state index contributed by atoms with van der Waals surface area (Å²) in [5, 5.41) is 10.2.